The minimum absolute atomic E-state index is 0.0680. The van der Waals surface area contributed by atoms with Gasteiger partial charge < -0.3 is 14.2 Å². The first-order valence-electron chi connectivity index (χ1n) is 35.1. The van der Waals surface area contributed by atoms with Gasteiger partial charge in [0, 0.05) is 19.3 Å². The van der Waals surface area contributed by atoms with E-state index in [4.69, 9.17) is 14.2 Å². The highest BCUT2D eigenvalue weighted by Crippen LogP contribution is 2.19. The zero-order chi connectivity index (χ0) is 57.1. The molecule has 0 aliphatic rings. The number of ether oxygens (including phenoxy) is 3. The molecule has 0 rings (SSSR count). The molecule has 0 aromatic rings. The fourth-order valence-electron chi connectivity index (χ4n) is 10.6. The highest BCUT2D eigenvalue weighted by atomic mass is 16.6. The Labute approximate surface area is 492 Å². The normalized spacial score (nSPS) is 12.3. The smallest absolute Gasteiger partial charge is 0.306 e. The standard InChI is InChI=1S/C73H134O6/c1-4-7-10-13-16-19-22-25-28-31-34-36-37-38-40-42-45-48-51-54-57-60-63-66-72(75)78-69-70(68-77-71(74)65-62-59-56-53-50-47-44-41-33-30-27-24-21-18-15-12-9-6-3)79-73(76)67-64-61-58-55-52-49-46-43-39-35-32-29-26-23-20-17-14-11-8-5-2/h7,10,16,19,25,28,34,36,70H,4-6,8-9,11-15,17-18,20-24,26-27,29-33,35,37-69H2,1-3H3/b10-7-,19-16-,28-25-,36-34-. The van der Waals surface area contributed by atoms with Crippen LogP contribution in [0.3, 0.4) is 0 Å². The van der Waals surface area contributed by atoms with E-state index in [-0.39, 0.29) is 31.1 Å². The fourth-order valence-corrected chi connectivity index (χ4v) is 10.6. The third kappa shape index (κ3) is 66.1. The Hall–Kier alpha value is -2.63. The van der Waals surface area contributed by atoms with Gasteiger partial charge in [-0.1, -0.05) is 352 Å². The molecule has 1 unspecified atom stereocenters. The molecule has 0 aliphatic carbocycles. The summed E-state index contributed by atoms with van der Waals surface area (Å²) in [5.74, 6) is -0.842. The molecule has 0 bridgehead atoms. The Balaban J connectivity index is 4.32. The van der Waals surface area contributed by atoms with Crippen LogP contribution >= 0.6 is 0 Å². The van der Waals surface area contributed by atoms with Crippen molar-refractivity contribution in [3.63, 3.8) is 0 Å². The van der Waals surface area contributed by atoms with Crippen LogP contribution in [0.4, 0.5) is 0 Å². The second kappa shape index (κ2) is 67.9. The summed E-state index contributed by atoms with van der Waals surface area (Å²) in [6, 6.07) is 0. The van der Waals surface area contributed by atoms with Crippen molar-refractivity contribution in [2.45, 2.75) is 386 Å². The van der Waals surface area contributed by atoms with Gasteiger partial charge in [0.05, 0.1) is 0 Å². The minimum Gasteiger partial charge on any atom is -0.462 e. The second-order valence-electron chi connectivity index (χ2n) is 23.8. The van der Waals surface area contributed by atoms with E-state index >= 15 is 0 Å². The molecule has 1 atom stereocenters. The van der Waals surface area contributed by atoms with Crippen LogP contribution < -0.4 is 0 Å². The van der Waals surface area contributed by atoms with Crippen molar-refractivity contribution in [1.82, 2.24) is 0 Å². The summed E-state index contributed by atoms with van der Waals surface area (Å²) < 4.78 is 17.0. The summed E-state index contributed by atoms with van der Waals surface area (Å²) in [7, 11) is 0. The highest BCUT2D eigenvalue weighted by Gasteiger charge is 2.19. The van der Waals surface area contributed by atoms with Gasteiger partial charge in [-0.15, -0.1) is 0 Å². The van der Waals surface area contributed by atoms with Crippen molar-refractivity contribution in [2.24, 2.45) is 0 Å². The zero-order valence-corrected chi connectivity index (χ0v) is 53.2. The Kier molecular flexibility index (Phi) is 65.6. The Bertz CT molecular complexity index is 1360. The lowest BCUT2D eigenvalue weighted by molar-refractivity contribution is -0.167. The van der Waals surface area contributed by atoms with Crippen LogP contribution in [-0.4, -0.2) is 37.2 Å². The molecule has 0 aromatic heterocycles. The van der Waals surface area contributed by atoms with E-state index in [1.54, 1.807) is 0 Å². The van der Waals surface area contributed by atoms with Crippen LogP contribution in [0.25, 0.3) is 0 Å². The van der Waals surface area contributed by atoms with Crippen LogP contribution in [0.2, 0.25) is 0 Å². The fraction of sp³-hybridized carbons (Fsp3) is 0.849. The summed E-state index contributed by atoms with van der Waals surface area (Å²) >= 11 is 0. The van der Waals surface area contributed by atoms with Gasteiger partial charge in [-0.05, 0) is 57.8 Å². The molecule has 0 saturated heterocycles. The van der Waals surface area contributed by atoms with Crippen molar-refractivity contribution in [3.05, 3.63) is 48.6 Å². The zero-order valence-electron chi connectivity index (χ0n) is 53.2. The molecule has 0 amide bonds. The molecule has 0 saturated carbocycles. The lowest BCUT2D eigenvalue weighted by Gasteiger charge is -2.18. The molecule has 6 heteroatoms. The SMILES string of the molecule is CC/C=C\C/C=C\C/C=C\C/C=C\CCCCCCCCCCCCC(=O)OCC(COC(=O)CCCCCCCCCCCCCCCCCCCC)OC(=O)CCCCCCCCCCCCCCCCCCCCCC. The average molecular weight is 1110 g/mol. The maximum absolute atomic E-state index is 13.0. The Morgan fingerprint density at radius 3 is 0.772 bits per heavy atom. The molecule has 462 valence electrons. The highest BCUT2D eigenvalue weighted by molar-refractivity contribution is 5.71. The van der Waals surface area contributed by atoms with Gasteiger partial charge in [0.2, 0.25) is 0 Å². The maximum atomic E-state index is 13.0. The Morgan fingerprint density at radius 1 is 0.266 bits per heavy atom. The number of carbonyl (C=O) groups excluding carboxylic acids is 3. The van der Waals surface area contributed by atoms with E-state index in [9.17, 15) is 14.4 Å². The van der Waals surface area contributed by atoms with E-state index in [0.717, 1.165) is 83.5 Å². The van der Waals surface area contributed by atoms with Crippen LogP contribution in [0, 0.1) is 0 Å². The number of carbonyl (C=O) groups is 3. The van der Waals surface area contributed by atoms with Crippen LogP contribution in [-0.2, 0) is 28.6 Å². The van der Waals surface area contributed by atoms with Crippen molar-refractivity contribution in [2.75, 3.05) is 13.2 Å². The van der Waals surface area contributed by atoms with E-state index in [2.05, 4.69) is 69.4 Å². The molecule has 0 spiro atoms. The second-order valence-corrected chi connectivity index (χ2v) is 23.8. The summed E-state index contributed by atoms with van der Waals surface area (Å²) in [4.78, 5) is 38.5. The molecule has 0 aromatic carbocycles. The quantitative estimate of drug-likeness (QED) is 0.0261. The van der Waals surface area contributed by atoms with Crippen LogP contribution in [0.15, 0.2) is 48.6 Å². The molecule has 0 heterocycles. The largest absolute Gasteiger partial charge is 0.462 e. The maximum Gasteiger partial charge on any atom is 0.306 e. The third-order valence-corrected chi connectivity index (χ3v) is 15.8. The summed E-state index contributed by atoms with van der Waals surface area (Å²) in [5, 5.41) is 0. The average Bonchev–Trinajstić information content (AvgIpc) is 3.45. The number of rotatable bonds is 65. The predicted octanol–water partition coefficient (Wildman–Crippen LogP) is 24.1. The lowest BCUT2D eigenvalue weighted by atomic mass is 10.0. The molecule has 0 aliphatic heterocycles. The topological polar surface area (TPSA) is 78.9 Å². The molecular weight excluding hydrogens is 973 g/mol. The minimum atomic E-state index is -0.773. The van der Waals surface area contributed by atoms with Gasteiger partial charge in [0.1, 0.15) is 13.2 Å². The van der Waals surface area contributed by atoms with E-state index < -0.39 is 6.10 Å². The number of allylic oxidation sites excluding steroid dienone is 8. The molecule has 79 heavy (non-hydrogen) atoms. The van der Waals surface area contributed by atoms with Gasteiger partial charge in [0.15, 0.2) is 6.10 Å². The number of unbranched alkanes of at least 4 members (excludes halogenated alkanes) is 46. The monoisotopic (exact) mass is 1110 g/mol. The van der Waals surface area contributed by atoms with Crippen molar-refractivity contribution < 1.29 is 28.6 Å². The molecule has 0 N–H and O–H groups in total. The van der Waals surface area contributed by atoms with Gasteiger partial charge in [-0.2, -0.15) is 0 Å². The van der Waals surface area contributed by atoms with Gasteiger partial charge in [-0.25, -0.2) is 0 Å². The third-order valence-electron chi connectivity index (χ3n) is 15.8. The van der Waals surface area contributed by atoms with Crippen LogP contribution in [0.5, 0.6) is 0 Å². The lowest BCUT2D eigenvalue weighted by Crippen LogP contribution is -2.30. The summed E-state index contributed by atoms with van der Waals surface area (Å²) in [6.45, 7) is 6.61. The van der Waals surface area contributed by atoms with E-state index in [1.165, 1.54) is 257 Å². The van der Waals surface area contributed by atoms with Gasteiger partial charge in [0.25, 0.3) is 0 Å². The first-order valence-corrected chi connectivity index (χ1v) is 35.1. The van der Waals surface area contributed by atoms with Crippen molar-refractivity contribution >= 4 is 17.9 Å². The predicted molar refractivity (Wildman–Crippen MR) is 344 cm³/mol. The number of hydrogen-bond donors (Lipinski definition) is 0. The molecular formula is C73H134O6. The molecule has 6 nitrogen and oxygen atoms in total. The first-order chi connectivity index (χ1) is 39.0. The van der Waals surface area contributed by atoms with E-state index in [0.29, 0.717) is 19.3 Å². The van der Waals surface area contributed by atoms with E-state index in [1.807, 2.05) is 0 Å². The Morgan fingerprint density at radius 2 is 0.494 bits per heavy atom. The first kappa shape index (κ1) is 76.4. The van der Waals surface area contributed by atoms with Crippen molar-refractivity contribution in [1.29, 1.82) is 0 Å². The molecule has 0 radical (unpaired) electrons. The summed E-state index contributed by atoms with van der Waals surface area (Å²) in [5.41, 5.74) is 0. The summed E-state index contributed by atoms with van der Waals surface area (Å²) in [6.07, 6.45) is 85.6. The number of esters is 3. The van der Waals surface area contributed by atoms with Gasteiger partial charge in [-0.3, -0.25) is 14.4 Å². The number of hydrogen-bond acceptors (Lipinski definition) is 6. The molecule has 0 fully saturated rings. The van der Waals surface area contributed by atoms with Crippen LogP contribution in [0.1, 0.15) is 380 Å². The van der Waals surface area contributed by atoms with Gasteiger partial charge >= 0.3 is 17.9 Å². The van der Waals surface area contributed by atoms with Crippen molar-refractivity contribution in [3.8, 4) is 0 Å².